The summed E-state index contributed by atoms with van der Waals surface area (Å²) in [5, 5.41) is 24.2. The molecule has 1 saturated carbocycles. The van der Waals surface area contributed by atoms with E-state index in [-0.39, 0.29) is 50.6 Å². The van der Waals surface area contributed by atoms with Gasteiger partial charge in [-0.25, -0.2) is 4.79 Å². The number of fused-ring (bicyclic) bond motifs is 2. The molecule has 2 heterocycles. The number of unbranched alkanes of at least 4 members (excludes halogenated alkanes) is 2. The second-order valence-corrected chi connectivity index (χ2v) is 14.7. The van der Waals surface area contributed by atoms with Gasteiger partial charge in [-0.15, -0.1) is 6.58 Å². The largest absolute Gasteiger partial charge is 0.487 e. The molecule has 6 atom stereocenters. The molecule has 3 aromatic rings. The van der Waals surface area contributed by atoms with Crippen molar-refractivity contribution in [1.29, 1.82) is 0 Å². The number of allylic oxidation sites excluding steroid dienone is 1. The highest BCUT2D eigenvalue weighted by Crippen LogP contribution is 2.61. The van der Waals surface area contributed by atoms with Crippen molar-refractivity contribution in [3.8, 4) is 11.5 Å². The predicted octanol–water partition coefficient (Wildman–Crippen LogP) is 7.50. The number of oxime groups is 1. The Morgan fingerprint density at radius 1 is 1.04 bits per heavy atom. The molecule has 1 fully saturated rings. The van der Waals surface area contributed by atoms with E-state index in [2.05, 4.69) is 28.9 Å². The van der Waals surface area contributed by atoms with Crippen LogP contribution in [0, 0.1) is 24.7 Å². The van der Waals surface area contributed by atoms with Gasteiger partial charge in [-0.3, -0.25) is 4.98 Å². The van der Waals surface area contributed by atoms with Gasteiger partial charge in [0.1, 0.15) is 37.9 Å². The lowest BCUT2D eigenvalue weighted by atomic mass is 9.55. The van der Waals surface area contributed by atoms with Gasteiger partial charge in [0.05, 0.1) is 23.9 Å². The van der Waals surface area contributed by atoms with E-state index in [0.717, 1.165) is 53.8 Å². The number of likely N-dealkylation sites (N-methyl/N-ethyl adjacent to an activating group) is 1. The van der Waals surface area contributed by atoms with Crippen LogP contribution in [-0.2, 0) is 27.5 Å². The van der Waals surface area contributed by atoms with Gasteiger partial charge in [-0.1, -0.05) is 66.5 Å². The van der Waals surface area contributed by atoms with Crippen molar-refractivity contribution < 1.29 is 38.8 Å². The van der Waals surface area contributed by atoms with E-state index in [1.165, 1.54) is 7.11 Å². The summed E-state index contributed by atoms with van der Waals surface area (Å²) >= 11 is 0. The fourth-order valence-electron chi connectivity index (χ4n) is 8.71. The lowest BCUT2D eigenvalue weighted by Crippen LogP contribution is -2.69. The quantitative estimate of drug-likeness (QED) is 0.0770. The van der Waals surface area contributed by atoms with E-state index in [1.807, 2.05) is 67.6 Å². The van der Waals surface area contributed by atoms with Crippen molar-refractivity contribution in [2.24, 2.45) is 22.9 Å². The average molecular weight is 754 g/mol. The van der Waals surface area contributed by atoms with Crippen LogP contribution < -0.4 is 9.47 Å². The number of aryl methyl sites for hydroxylation is 1. The third-order valence-electron chi connectivity index (χ3n) is 11.1. The summed E-state index contributed by atoms with van der Waals surface area (Å²) in [6.45, 7) is 6.76. The van der Waals surface area contributed by atoms with Crippen molar-refractivity contribution in [2.75, 3.05) is 34.0 Å². The van der Waals surface area contributed by atoms with Crippen molar-refractivity contribution in [3.63, 3.8) is 0 Å². The molecule has 55 heavy (non-hydrogen) atoms. The maximum atomic E-state index is 14.0. The number of hydrogen-bond donors (Lipinski definition) is 2. The molecule has 1 aliphatic heterocycles. The number of rotatable bonds is 18. The first-order valence-electron chi connectivity index (χ1n) is 19.4. The predicted molar refractivity (Wildman–Crippen MR) is 210 cm³/mol. The molecule has 2 N–H and O–H groups in total. The summed E-state index contributed by atoms with van der Waals surface area (Å²) in [5.41, 5.74) is 5.29. The molecule has 0 bridgehead atoms. The van der Waals surface area contributed by atoms with Crippen molar-refractivity contribution in [3.05, 3.63) is 114 Å². The molecule has 0 radical (unpaired) electrons. The van der Waals surface area contributed by atoms with E-state index < -0.39 is 23.8 Å². The Kier molecular flexibility index (Phi) is 13.6. The van der Waals surface area contributed by atoms with Crippen molar-refractivity contribution >= 4 is 11.8 Å². The minimum atomic E-state index is -1.36. The molecule has 6 unspecified atom stereocenters. The molecule has 3 aliphatic rings. The lowest BCUT2D eigenvalue weighted by Gasteiger charge is -2.59. The summed E-state index contributed by atoms with van der Waals surface area (Å²) < 4.78 is 26.3. The Balaban J connectivity index is 1.48. The number of benzene rings is 2. The zero-order chi connectivity index (χ0) is 38.8. The number of amides is 1. The molecule has 11 nitrogen and oxygen atoms in total. The number of carbonyl (C=O) groups excluding carboxylic acids is 1. The molecule has 294 valence electrons. The summed E-state index contributed by atoms with van der Waals surface area (Å²) in [7, 11) is 3.26. The Bertz CT molecular complexity index is 1820. The van der Waals surface area contributed by atoms with Gasteiger partial charge in [-0.05, 0) is 85.9 Å². The first-order chi connectivity index (χ1) is 26.8. The first-order valence-corrected chi connectivity index (χ1v) is 19.4. The number of hydrogen-bond acceptors (Lipinski definition) is 10. The molecule has 2 aliphatic carbocycles. The van der Waals surface area contributed by atoms with Crippen LogP contribution in [-0.4, -0.2) is 77.7 Å². The minimum absolute atomic E-state index is 0.0971. The standard InChI is InChI=1S/C44H55N3O8/c1-5-24-54-44-40(47(3)43(50)53-28-31-15-7-6-8-16-31)27-38(46-51-4)36-25-32(17-9-11-22-48)35(19-10-12-23-49)41(42(36)44)37-26-34(20-21-39(37)55-44)52-29-33-18-13-14-30(2)45-33/h5-8,13-16,18,20-21,25-26,32,35,40-42,48-49H,1,9-12,17,19,22-24,27-29H2,2-4H3. The second-order valence-electron chi connectivity index (χ2n) is 14.7. The maximum Gasteiger partial charge on any atom is 0.410 e. The number of nitrogens with zero attached hydrogens (tertiary/aromatic N) is 3. The van der Waals surface area contributed by atoms with Crippen LogP contribution in [0.1, 0.15) is 73.4 Å². The smallest absolute Gasteiger partial charge is 0.410 e. The maximum absolute atomic E-state index is 14.0. The van der Waals surface area contributed by atoms with E-state index in [4.69, 9.17) is 23.8 Å². The second kappa shape index (κ2) is 18.8. The zero-order valence-corrected chi connectivity index (χ0v) is 32.3. The van der Waals surface area contributed by atoms with E-state index >= 15 is 0 Å². The first kappa shape index (κ1) is 40.0. The van der Waals surface area contributed by atoms with E-state index in [9.17, 15) is 15.0 Å². The van der Waals surface area contributed by atoms with Gasteiger partial charge in [0.2, 0.25) is 5.79 Å². The molecule has 0 saturated heterocycles. The Morgan fingerprint density at radius 2 is 1.82 bits per heavy atom. The molecule has 1 aromatic heterocycles. The lowest BCUT2D eigenvalue weighted by molar-refractivity contribution is -0.253. The Morgan fingerprint density at radius 3 is 2.55 bits per heavy atom. The zero-order valence-electron chi connectivity index (χ0n) is 32.3. The summed E-state index contributed by atoms with van der Waals surface area (Å²) in [5.74, 6) is -0.379. The number of carbonyl (C=O) groups is 1. The van der Waals surface area contributed by atoms with E-state index in [0.29, 0.717) is 36.7 Å². The molecular formula is C44H55N3O8. The van der Waals surface area contributed by atoms with Gasteiger partial charge < -0.3 is 38.9 Å². The van der Waals surface area contributed by atoms with Gasteiger partial charge in [0, 0.05) is 43.9 Å². The number of ether oxygens (including phenoxy) is 4. The Labute approximate surface area is 324 Å². The minimum Gasteiger partial charge on any atom is -0.487 e. The monoisotopic (exact) mass is 753 g/mol. The molecule has 11 heteroatoms. The molecule has 6 rings (SSSR count). The van der Waals surface area contributed by atoms with Gasteiger partial charge in [0.25, 0.3) is 0 Å². The molecular weight excluding hydrogens is 698 g/mol. The number of aliphatic hydroxyl groups is 2. The summed E-state index contributed by atoms with van der Waals surface area (Å²) in [6, 6.07) is 20.7. The highest BCUT2D eigenvalue weighted by Gasteiger charge is 2.65. The van der Waals surface area contributed by atoms with Crippen LogP contribution in [0.15, 0.2) is 96.2 Å². The molecule has 2 aromatic carbocycles. The van der Waals surface area contributed by atoms with Crippen molar-refractivity contribution in [1.82, 2.24) is 9.88 Å². The van der Waals surface area contributed by atoms with E-state index in [1.54, 1.807) is 18.0 Å². The van der Waals surface area contributed by atoms with Crippen molar-refractivity contribution in [2.45, 2.75) is 82.8 Å². The normalized spacial score (nSPS) is 24.5. The van der Waals surface area contributed by atoms with Crippen LogP contribution in [0.2, 0.25) is 0 Å². The van der Waals surface area contributed by atoms with Crippen LogP contribution in [0.4, 0.5) is 4.79 Å². The number of aromatic nitrogens is 1. The van der Waals surface area contributed by atoms with Gasteiger partial charge >= 0.3 is 6.09 Å². The fraction of sp³-hybridized carbons (Fsp3) is 0.477. The summed E-state index contributed by atoms with van der Waals surface area (Å²) in [6.07, 6.45) is 8.53. The highest BCUT2D eigenvalue weighted by atomic mass is 16.7. The third-order valence-corrected chi connectivity index (χ3v) is 11.1. The SMILES string of the molecule is C=CCOC12Oc3ccc(OCc4cccc(C)n4)cc3C3C(CCCCO)C(CCCCO)C=C(C(=NOC)CC1N(C)C(=O)OCc1ccccc1)C32. The average Bonchev–Trinajstić information content (AvgIpc) is 3.20. The fourth-order valence-corrected chi connectivity index (χ4v) is 8.71. The van der Waals surface area contributed by atoms with Gasteiger partial charge in [0.15, 0.2) is 0 Å². The number of aliphatic hydroxyl groups excluding tert-OH is 2. The molecule has 0 spiro atoms. The highest BCUT2D eigenvalue weighted by molar-refractivity contribution is 6.02. The van der Waals surface area contributed by atoms with Crippen LogP contribution in [0.5, 0.6) is 11.5 Å². The Hall–Kier alpha value is -4.71. The topological polar surface area (TPSA) is 132 Å². The number of pyridine rings is 1. The summed E-state index contributed by atoms with van der Waals surface area (Å²) in [4.78, 5) is 25.7. The van der Waals surface area contributed by atoms with Crippen LogP contribution in [0.3, 0.4) is 0 Å². The third kappa shape index (κ3) is 8.90. The van der Waals surface area contributed by atoms with Gasteiger partial charge in [-0.2, -0.15) is 0 Å². The molecule has 1 amide bonds. The van der Waals surface area contributed by atoms with Crippen LogP contribution >= 0.6 is 0 Å². The van der Waals surface area contributed by atoms with Crippen LogP contribution in [0.25, 0.3) is 0 Å².